The minimum atomic E-state index is 0. The number of hydrogen-bond donors (Lipinski definition) is 2. The van der Waals surface area contributed by atoms with Crippen LogP contribution in [0.4, 0.5) is 5.13 Å². The summed E-state index contributed by atoms with van der Waals surface area (Å²) in [7, 11) is 1.81. The van der Waals surface area contributed by atoms with Crippen molar-refractivity contribution >= 4 is 16.5 Å². The first-order valence-corrected chi connectivity index (χ1v) is 8.94. The van der Waals surface area contributed by atoms with Crippen molar-refractivity contribution in [3.05, 3.63) is 36.5 Å². The third-order valence-corrected chi connectivity index (χ3v) is 4.06. The number of thiazole rings is 1. The summed E-state index contributed by atoms with van der Waals surface area (Å²) in [6, 6.07) is 9.93. The van der Waals surface area contributed by atoms with Crippen molar-refractivity contribution in [1.29, 1.82) is 5.26 Å². The lowest BCUT2D eigenvalue weighted by molar-refractivity contribution is 0.377. The third kappa shape index (κ3) is 8.51. The smallest absolute Gasteiger partial charge is 0.207 e. The molecule has 2 aromatic rings. The van der Waals surface area contributed by atoms with Crippen molar-refractivity contribution in [3.63, 3.8) is 0 Å². The van der Waals surface area contributed by atoms with Crippen molar-refractivity contribution in [1.82, 2.24) is 9.88 Å². The van der Waals surface area contributed by atoms with Gasteiger partial charge in [0.05, 0.1) is 4.88 Å². The molecule has 24 heavy (non-hydrogen) atoms. The number of anilines is 1. The van der Waals surface area contributed by atoms with E-state index >= 15 is 0 Å². The molecule has 6 heteroatoms. The van der Waals surface area contributed by atoms with E-state index in [0.717, 1.165) is 23.4 Å². The van der Waals surface area contributed by atoms with E-state index in [1.165, 1.54) is 11.3 Å². The quantitative estimate of drug-likeness (QED) is 0.433. The first-order chi connectivity index (χ1) is 11.6. The molecule has 0 bridgehead atoms. The molecule has 0 aliphatic carbocycles. The molecule has 0 spiro atoms. The molecule has 0 amide bonds. The number of hydrogen-bond acceptors (Lipinski definition) is 6. The molecule has 1 aromatic carbocycles. The molecule has 2 rings (SSSR count). The molecule has 1 heterocycles. The molecule has 5 nitrogen and oxygen atoms in total. The van der Waals surface area contributed by atoms with Crippen LogP contribution in [0.3, 0.4) is 0 Å². The summed E-state index contributed by atoms with van der Waals surface area (Å²) in [6.07, 6.45) is 4.94. The molecular formula is C18H30N4OS. The fourth-order valence-corrected chi connectivity index (χ4v) is 2.42. The van der Waals surface area contributed by atoms with Gasteiger partial charge in [-0.3, -0.25) is 5.21 Å². The lowest BCUT2D eigenvalue weighted by Gasteiger charge is -2.12. The van der Waals surface area contributed by atoms with Crippen LogP contribution < -0.4 is 5.48 Å². The van der Waals surface area contributed by atoms with E-state index in [0.29, 0.717) is 11.0 Å². The Bertz CT molecular complexity index is 586. The zero-order chi connectivity index (χ0) is 18.4. The monoisotopic (exact) mass is 350 g/mol. The van der Waals surface area contributed by atoms with Gasteiger partial charge >= 0.3 is 0 Å². The van der Waals surface area contributed by atoms with Gasteiger partial charge < -0.3 is 4.90 Å². The number of nitriles is 1. The molecule has 1 atom stereocenters. The van der Waals surface area contributed by atoms with Crippen molar-refractivity contribution in [2.24, 2.45) is 5.92 Å². The van der Waals surface area contributed by atoms with E-state index in [4.69, 9.17) is 10.5 Å². The summed E-state index contributed by atoms with van der Waals surface area (Å²) in [5.74, 6) is 0.634. The molecule has 0 fully saturated rings. The Labute approximate surface area is 151 Å². The number of nitrogens with zero attached hydrogens (tertiary/aromatic N) is 3. The average molecular weight is 351 g/mol. The fraction of sp³-hybridized carbons (Fsp3) is 0.444. The zero-order valence-corrected chi connectivity index (χ0v) is 16.0. The van der Waals surface area contributed by atoms with Crippen LogP contribution in [0.5, 0.6) is 0 Å². The van der Waals surface area contributed by atoms with Gasteiger partial charge in [0.25, 0.3) is 0 Å². The standard InChI is InChI=1S/C9H8N2OS.C7H14N2.C2H6.H2/c12-11-9-10-6-8(13-9)7-4-2-1-3-5-7;1-4-7(2)5-9(3)6-8;1-2;/h1-6,12H,(H,10,11);7H,4-5H2,1-3H3;1-2H3;1H/t;7-;;/m.0../s1. The second kappa shape index (κ2) is 13.3. The second-order valence-electron chi connectivity index (χ2n) is 5.00. The Morgan fingerprint density at radius 2 is 2.00 bits per heavy atom. The van der Waals surface area contributed by atoms with Gasteiger partial charge in [0.1, 0.15) is 0 Å². The van der Waals surface area contributed by atoms with Gasteiger partial charge in [0, 0.05) is 21.2 Å². The van der Waals surface area contributed by atoms with Crippen molar-refractivity contribution < 1.29 is 6.63 Å². The Hall–Kier alpha value is -2.10. The van der Waals surface area contributed by atoms with Gasteiger partial charge in [0.2, 0.25) is 5.13 Å². The summed E-state index contributed by atoms with van der Waals surface area (Å²) in [5, 5.41) is 17.5. The van der Waals surface area contributed by atoms with Crippen LogP contribution in [0.25, 0.3) is 10.4 Å². The topological polar surface area (TPSA) is 72.2 Å². The van der Waals surface area contributed by atoms with E-state index in [2.05, 4.69) is 25.0 Å². The summed E-state index contributed by atoms with van der Waals surface area (Å²) in [6.45, 7) is 9.16. The zero-order valence-electron chi connectivity index (χ0n) is 15.2. The van der Waals surface area contributed by atoms with Crippen LogP contribution >= 0.6 is 11.3 Å². The third-order valence-electron chi connectivity index (χ3n) is 3.11. The highest BCUT2D eigenvalue weighted by Gasteiger charge is 2.02. The Kier molecular flexibility index (Phi) is 12.2. The molecule has 0 radical (unpaired) electrons. The summed E-state index contributed by atoms with van der Waals surface area (Å²) in [5.41, 5.74) is 3.14. The van der Waals surface area contributed by atoms with Crippen molar-refractivity contribution in [2.45, 2.75) is 34.1 Å². The molecule has 0 saturated heterocycles. The van der Waals surface area contributed by atoms with E-state index in [9.17, 15) is 0 Å². The highest BCUT2D eigenvalue weighted by Crippen LogP contribution is 2.27. The molecule has 0 unspecified atom stereocenters. The minimum Gasteiger partial charge on any atom is -0.313 e. The Balaban J connectivity index is 0. The van der Waals surface area contributed by atoms with Gasteiger partial charge in [0.15, 0.2) is 6.19 Å². The lowest BCUT2D eigenvalue weighted by atomic mass is 10.1. The number of rotatable bonds is 5. The first kappa shape index (κ1) is 21.9. The van der Waals surface area contributed by atoms with E-state index < -0.39 is 0 Å². The first-order valence-electron chi connectivity index (χ1n) is 8.12. The van der Waals surface area contributed by atoms with Crippen LogP contribution in [-0.2, 0) is 0 Å². The van der Waals surface area contributed by atoms with Crippen molar-refractivity contribution in [3.8, 4) is 16.6 Å². The van der Waals surface area contributed by atoms with Crippen molar-refractivity contribution in [2.75, 3.05) is 19.1 Å². The van der Waals surface area contributed by atoms with Gasteiger partial charge in [-0.2, -0.15) is 5.26 Å². The molecule has 0 aliphatic rings. The van der Waals surface area contributed by atoms with Crippen LogP contribution in [-0.4, -0.2) is 28.7 Å². The van der Waals surface area contributed by atoms with E-state index in [1.807, 2.05) is 56.7 Å². The molecule has 134 valence electrons. The van der Waals surface area contributed by atoms with Crippen LogP contribution in [0.2, 0.25) is 0 Å². The normalized spacial score (nSPS) is 10.2. The summed E-state index contributed by atoms with van der Waals surface area (Å²) < 4.78 is 0. The number of aromatic nitrogens is 1. The highest BCUT2D eigenvalue weighted by atomic mass is 32.1. The minimum absolute atomic E-state index is 0. The molecule has 2 N–H and O–H groups in total. The Morgan fingerprint density at radius 1 is 1.38 bits per heavy atom. The summed E-state index contributed by atoms with van der Waals surface area (Å²) in [4.78, 5) is 6.67. The number of benzene rings is 1. The number of nitrogens with one attached hydrogen (secondary N) is 1. The Morgan fingerprint density at radius 3 is 2.46 bits per heavy atom. The largest absolute Gasteiger partial charge is 0.313 e. The van der Waals surface area contributed by atoms with Gasteiger partial charge in [-0.1, -0.05) is 75.8 Å². The van der Waals surface area contributed by atoms with E-state index in [-0.39, 0.29) is 1.43 Å². The average Bonchev–Trinajstić information content (AvgIpc) is 3.13. The fourth-order valence-electron chi connectivity index (χ4n) is 1.70. The van der Waals surface area contributed by atoms with Crippen LogP contribution in [0.15, 0.2) is 36.5 Å². The lowest BCUT2D eigenvalue weighted by Crippen LogP contribution is -2.18. The molecular weight excluding hydrogens is 320 g/mol. The maximum absolute atomic E-state index is 8.60. The maximum atomic E-state index is 8.60. The van der Waals surface area contributed by atoms with Crippen LogP contribution in [0.1, 0.15) is 35.5 Å². The predicted octanol–water partition coefficient (Wildman–Crippen LogP) is 5.33. The predicted molar refractivity (Wildman–Crippen MR) is 104 cm³/mol. The van der Waals surface area contributed by atoms with E-state index in [1.54, 1.807) is 11.1 Å². The highest BCUT2D eigenvalue weighted by molar-refractivity contribution is 7.18. The van der Waals surface area contributed by atoms with Gasteiger partial charge in [-0.15, -0.1) is 0 Å². The second-order valence-corrected chi connectivity index (χ2v) is 6.03. The molecule has 0 saturated carbocycles. The van der Waals surface area contributed by atoms with Gasteiger partial charge in [-0.05, 0) is 11.5 Å². The molecule has 0 aliphatic heterocycles. The maximum Gasteiger partial charge on any atom is 0.207 e. The SMILES string of the molecule is CC.CC[C@H](C)CN(C)C#N.ONc1ncc(-c2ccccc2)s1.[HH]. The summed E-state index contributed by atoms with van der Waals surface area (Å²) >= 11 is 1.41. The molecule has 1 aromatic heterocycles. The van der Waals surface area contributed by atoms with Crippen LogP contribution in [0, 0.1) is 17.4 Å². The van der Waals surface area contributed by atoms with Gasteiger partial charge in [-0.25, -0.2) is 10.5 Å².